The summed E-state index contributed by atoms with van der Waals surface area (Å²) in [4.78, 5) is 21.4. The largest absolute Gasteiger partial charge is 0.507 e. The zero-order valence-corrected chi connectivity index (χ0v) is 13.2. The molecule has 0 saturated heterocycles. The van der Waals surface area contributed by atoms with Gasteiger partial charge in [-0.1, -0.05) is 12.1 Å². The van der Waals surface area contributed by atoms with Gasteiger partial charge < -0.3 is 25.7 Å². The van der Waals surface area contributed by atoms with Gasteiger partial charge in [0.25, 0.3) is 10.1 Å². The number of carboxylic acids is 2. The number of hydrogen-bond donors (Lipinski definition) is 6. The van der Waals surface area contributed by atoms with Crippen molar-refractivity contribution in [3.05, 3.63) is 30.3 Å². The number of aliphatic hydroxyl groups is 1. The van der Waals surface area contributed by atoms with Crippen molar-refractivity contribution in [2.24, 2.45) is 0 Å². The fourth-order valence-corrected chi connectivity index (χ4v) is 2.74. The minimum absolute atomic E-state index is 0.0554. The van der Waals surface area contributed by atoms with Gasteiger partial charge in [0.15, 0.2) is 0 Å². The number of fused-ring (bicyclic) bond motifs is 1. The van der Waals surface area contributed by atoms with Crippen molar-refractivity contribution in [2.75, 3.05) is 5.32 Å². The van der Waals surface area contributed by atoms with E-state index in [1.807, 2.05) is 0 Å². The van der Waals surface area contributed by atoms with E-state index >= 15 is 0 Å². The van der Waals surface area contributed by atoms with E-state index in [4.69, 9.17) is 14.8 Å². The van der Waals surface area contributed by atoms with E-state index in [-0.39, 0.29) is 16.5 Å². The highest BCUT2D eigenvalue weighted by Crippen LogP contribution is 2.34. The van der Waals surface area contributed by atoms with Crippen LogP contribution in [0.4, 0.5) is 5.69 Å². The summed E-state index contributed by atoms with van der Waals surface area (Å²) in [5.74, 6) is -3.99. The normalized spacial score (nSPS) is 14.0. The van der Waals surface area contributed by atoms with Gasteiger partial charge >= 0.3 is 11.9 Å². The summed E-state index contributed by atoms with van der Waals surface area (Å²) in [6, 6.07) is 5.71. The smallest absolute Gasteiger partial charge is 0.357 e. The van der Waals surface area contributed by atoms with Crippen LogP contribution in [0.3, 0.4) is 0 Å². The molecular formula is C14H13NO9S. The van der Waals surface area contributed by atoms with Gasteiger partial charge in [-0.15, -0.1) is 0 Å². The number of nitrogens with one attached hydrogen (secondary N) is 1. The molecule has 2 aromatic rings. The highest BCUT2D eigenvalue weighted by atomic mass is 32.2. The molecule has 0 spiro atoms. The Morgan fingerprint density at radius 1 is 1.12 bits per heavy atom. The average Bonchev–Trinajstić information content (AvgIpc) is 2.46. The second-order valence-electron chi connectivity index (χ2n) is 5.18. The molecule has 0 bridgehead atoms. The Morgan fingerprint density at radius 3 is 2.28 bits per heavy atom. The molecule has 134 valence electrons. The van der Waals surface area contributed by atoms with Crippen molar-refractivity contribution in [3.8, 4) is 5.75 Å². The Hall–Kier alpha value is -2.89. The van der Waals surface area contributed by atoms with Gasteiger partial charge in [-0.25, -0.2) is 4.79 Å². The SMILES string of the molecule is O=C(O)CC(O)(Nc1cccc2c(O)cc(S(=O)(=O)O)cc12)C(=O)O. The molecular weight excluding hydrogens is 358 g/mol. The molecule has 0 aliphatic heterocycles. The number of carbonyl (C=O) groups is 2. The van der Waals surface area contributed by atoms with Crippen LogP contribution in [0.5, 0.6) is 5.75 Å². The Labute approximate surface area is 140 Å². The van der Waals surface area contributed by atoms with E-state index in [0.717, 1.165) is 12.1 Å². The lowest BCUT2D eigenvalue weighted by Crippen LogP contribution is -2.48. The van der Waals surface area contributed by atoms with E-state index in [2.05, 4.69) is 5.32 Å². The molecule has 0 heterocycles. The Balaban J connectivity index is 2.67. The molecule has 0 aliphatic carbocycles. The molecule has 25 heavy (non-hydrogen) atoms. The van der Waals surface area contributed by atoms with E-state index in [1.54, 1.807) is 0 Å². The summed E-state index contributed by atoms with van der Waals surface area (Å²) in [6.07, 6.45) is -1.19. The van der Waals surface area contributed by atoms with Gasteiger partial charge in [0.2, 0.25) is 5.72 Å². The first-order chi connectivity index (χ1) is 11.4. The third-order valence-corrected chi connectivity index (χ3v) is 4.18. The highest BCUT2D eigenvalue weighted by molar-refractivity contribution is 7.85. The molecule has 0 amide bonds. The second-order valence-corrected chi connectivity index (χ2v) is 6.60. The molecule has 1 atom stereocenters. The number of benzene rings is 2. The molecule has 10 nitrogen and oxygen atoms in total. The van der Waals surface area contributed by atoms with Crippen LogP contribution in [-0.2, 0) is 19.7 Å². The maximum atomic E-state index is 11.3. The monoisotopic (exact) mass is 371 g/mol. The molecule has 2 aromatic carbocycles. The summed E-state index contributed by atoms with van der Waals surface area (Å²) in [6.45, 7) is 0. The van der Waals surface area contributed by atoms with Crippen molar-refractivity contribution in [3.63, 3.8) is 0 Å². The summed E-state index contributed by atoms with van der Waals surface area (Å²) in [7, 11) is -4.67. The predicted molar refractivity (Wildman–Crippen MR) is 83.9 cm³/mol. The van der Waals surface area contributed by atoms with E-state index < -0.39 is 44.8 Å². The lowest BCUT2D eigenvalue weighted by molar-refractivity contribution is -0.162. The molecule has 0 saturated carbocycles. The quantitative estimate of drug-likeness (QED) is 0.308. The first-order valence-electron chi connectivity index (χ1n) is 6.63. The lowest BCUT2D eigenvalue weighted by atomic mass is 10.0. The molecule has 1 unspecified atom stereocenters. The molecule has 0 fully saturated rings. The standard InChI is InChI=1S/C14H13NO9S/c16-11-5-7(25(22,23)24)4-9-8(11)2-1-3-10(9)15-14(21,13(19)20)6-12(17)18/h1-5,15-16,21H,6H2,(H,17,18)(H,19,20)(H,22,23,24). The Kier molecular flexibility index (Phi) is 4.57. The summed E-state index contributed by atoms with van der Waals surface area (Å²) in [5.41, 5.74) is -3.05. The van der Waals surface area contributed by atoms with Crippen LogP contribution in [0.2, 0.25) is 0 Å². The summed E-state index contributed by atoms with van der Waals surface area (Å²) in [5, 5.41) is 40.0. The molecule has 0 aromatic heterocycles. The van der Waals surface area contributed by atoms with Gasteiger partial charge in [0, 0.05) is 22.5 Å². The molecule has 0 aliphatic rings. The van der Waals surface area contributed by atoms with Gasteiger partial charge in [-0.05, 0) is 12.1 Å². The fourth-order valence-electron chi connectivity index (χ4n) is 2.21. The maximum Gasteiger partial charge on any atom is 0.357 e. The van der Waals surface area contributed by atoms with Crippen LogP contribution in [0.15, 0.2) is 35.2 Å². The van der Waals surface area contributed by atoms with Crippen LogP contribution >= 0.6 is 0 Å². The van der Waals surface area contributed by atoms with Crippen molar-refractivity contribution in [2.45, 2.75) is 17.0 Å². The van der Waals surface area contributed by atoms with Gasteiger partial charge in [-0.3, -0.25) is 9.35 Å². The minimum Gasteiger partial charge on any atom is -0.507 e. The topological polar surface area (TPSA) is 181 Å². The molecule has 2 rings (SSSR count). The zero-order valence-electron chi connectivity index (χ0n) is 12.4. The number of phenols is 1. The van der Waals surface area contributed by atoms with Crippen molar-refractivity contribution in [1.29, 1.82) is 0 Å². The lowest BCUT2D eigenvalue weighted by Gasteiger charge is -2.25. The van der Waals surface area contributed by atoms with Crippen LogP contribution in [0.1, 0.15) is 6.42 Å². The fraction of sp³-hybridized carbons (Fsp3) is 0.143. The Bertz CT molecular complexity index is 970. The average molecular weight is 371 g/mol. The molecule has 0 radical (unpaired) electrons. The molecule has 11 heteroatoms. The summed E-state index contributed by atoms with van der Waals surface area (Å²) >= 11 is 0. The van der Waals surface area contributed by atoms with Gasteiger partial charge in [0.1, 0.15) is 12.2 Å². The van der Waals surface area contributed by atoms with Crippen molar-refractivity contribution in [1.82, 2.24) is 0 Å². The Morgan fingerprint density at radius 2 is 1.76 bits per heavy atom. The first-order valence-corrected chi connectivity index (χ1v) is 8.07. The predicted octanol–water partition coefficient (Wildman–Crippen LogP) is 0.452. The van der Waals surface area contributed by atoms with Gasteiger partial charge in [-0.2, -0.15) is 8.42 Å². The number of phenolic OH excluding ortho intramolecular Hbond substituents is 1. The number of anilines is 1. The highest BCUT2D eigenvalue weighted by Gasteiger charge is 2.39. The third kappa shape index (κ3) is 3.79. The number of rotatable bonds is 6. The van der Waals surface area contributed by atoms with E-state index in [1.165, 1.54) is 18.2 Å². The van der Waals surface area contributed by atoms with Crippen molar-refractivity contribution < 1.29 is 43.0 Å². The van der Waals surface area contributed by atoms with Crippen LogP contribution in [0, 0.1) is 0 Å². The van der Waals surface area contributed by atoms with Crippen molar-refractivity contribution >= 4 is 38.5 Å². The van der Waals surface area contributed by atoms with E-state index in [0.29, 0.717) is 0 Å². The second kappa shape index (κ2) is 6.20. The number of aromatic hydroxyl groups is 1. The van der Waals surface area contributed by atoms with Gasteiger partial charge in [0.05, 0.1) is 4.90 Å². The third-order valence-electron chi connectivity index (χ3n) is 3.35. The van der Waals surface area contributed by atoms with E-state index in [9.17, 15) is 28.2 Å². The zero-order chi connectivity index (χ0) is 19.0. The number of aliphatic carboxylic acids is 2. The first kappa shape index (κ1) is 18.4. The van der Waals surface area contributed by atoms with Crippen LogP contribution in [-0.4, -0.2) is 51.1 Å². The van der Waals surface area contributed by atoms with Crippen LogP contribution < -0.4 is 5.32 Å². The summed E-state index contributed by atoms with van der Waals surface area (Å²) < 4.78 is 31.7. The number of carboxylic acid groups (broad SMARTS) is 2. The minimum atomic E-state index is -4.67. The van der Waals surface area contributed by atoms with Crippen LogP contribution in [0.25, 0.3) is 10.8 Å². The molecule has 6 N–H and O–H groups in total. The maximum absolute atomic E-state index is 11.3. The number of hydrogen-bond acceptors (Lipinski definition) is 7.